The fraction of sp³-hybridized carbons (Fsp3) is 0.0526. The van der Waals surface area contributed by atoms with Crippen LogP contribution in [0.1, 0.15) is 5.56 Å². The number of anilines is 1. The zero-order valence-corrected chi connectivity index (χ0v) is 12.0. The number of para-hydroxylation sites is 1. The molecule has 0 radical (unpaired) electrons. The van der Waals surface area contributed by atoms with Crippen LogP contribution in [0.15, 0.2) is 72.8 Å². The van der Waals surface area contributed by atoms with Crippen molar-refractivity contribution in [1.82, 2.24) is 0 Å². The Morgan fingerprint density at radius 3 is 2.23 bits per heavy atom. The molecule has 3 rings (SSSR count). The van der Waals surface area contributed by atoms with Gasteiger partial charge in [0.2, 0.25) is 0 Å². The Morgan fingerprint density at radius 1 is 0.727 bits per heavy atom. The van der Waals surface area contributed by atoms with Gasteiger partial charge in [-0.2, -0.15) is 0 Å². The molecule has 0 saturated heterocycles. The van der Waals surface area contributed by atoms with Crippen LogP contribution >= 0.6 is 0 Å². The number of aromatic hydroxyl groups is 2. The Hall–Kier alpha value is -2.94. The molecule has 0 fully saturated rings. The van der Waals surface area contributed by atoms with Gasteiger partial charge in [0.25, 0.3) is 0 Å². The van der Waals surface area contributed by atoms with Crippen LogP contribution in [0.25, 0.3) is 11.1 Å². The van der Waals surface area contributed by atoms with Gasteiger partial charge in [0.1, 0.15) is 0 Å². The molecule has 0 aliphatic carbocycles. The van der Waals surface area contributed by atoms with Crippen LogP contribution < -0.4 is 5.32 Å². The van der Waals surface area contributed by atoms with Crippen LogP contribution in [0.5, 0.6) is 11.5 Å². The van der Waals surface area contributed by atoms with Crippen LogP contribution in [0.4, 0.5) is 5.69 Å². The fourth-order valence-electron chi connectivity index (χ4n) is 2.38. The van der Waals surface area contributed by atoms with Crippen molar-refractivity contribution in [1.29, 1.82) is 0 Å². The third kappa shape index (κ3) is 3.04. The third-order valence-electron chi connectivity index (χ3n) is 3.53. The van der Waals surface area contributed by atoms with E-state index in [4.69, 9.17) is 0 Å². The van der Waals surface area contributed by atoms with E-state index in [1.54, 1.807) is 12.1 Å². The number of hydrogen-bond acceptors (Lipinski definition) is 3. The minimum atomic E-state index is -0.103. The molecule has 0 unspecified atom stereocenters. The van der Waals surface area contributed by atoms with E-state index in [0.29, 0.717) is 6.54 Å². The monoisotopic (exact) mass is 291 g/mol. The quantitative estimate of drug-likeness (QED) is 0.625. The van der Waals surface area contributed by atoms with Crippen molar-refractivity contribution in [2.75, 3.05) is 5.32 Å². The maximum absolute atomic E-state index is 9.55. The Morgan fingerprint density at radius 2 is 1.45 bits per heavy atom. The van der Waals surface area contributed by atoms with Gasteiger partial charge in [-0.3, -0.25) is 0 Å². The third-order valence-corrected chi connectivity index (χ3v) is 3.53. The molecule has 22 heavy (non-hydrogen) atoms. The van der Waals surface area contributed by atoms with Crippen LogP contribution in [-0.2, 0) is 6.54 Å². The molecule has 3 N–H and O–H groups in total. The number of phenolic OH excluding ortho intramolecular Hbond substituents is 2. The minimum absolute atomic E-state index is 0.101. The molecular formula is C19H17NO2. The van der Waals surface area contributed by atoms with Crippen molar-refractivity contribution in [3.05, 3.63) is 78.4 Å². The van der Waals surface area contributed by atoms with E-state index in [1.165, 1.54) is 6.07 Å². The van der Waals surface area contributed by atoms with Crippen LogP contribution in [-0.4, -0.2) is 10.2 Å². The summed E-state index contributed by atoms with van der Waals surface area (Å²) < 4.78 is 0. The van der Waals surface area contributed by atoms with Gasteiger partial charge in [0, 0.05) is 17.8 Å². The molecule has 0 spiro atoms. The molecule has 0 heterocycles. The highest BCUT2D eigenvalue weighted by molar-refractivity contribution is 5.77. The summed E-state index contributed by atoms with van der Waals surface area (Å²) in [5.41, 5.74) is 4.21. The molecule has 0 amide bonds. The van der Waals surface area contributed by atoms with Crippen molar-refractivity contribution in [3.8, 4) is 22.6 Å². The molecule has 0 aliphatic rings. The van der Waals surface area contributed by atoms with Gasteiger partial charge >= 0.3 is 0 Å². The molecule has 3 heteroatoms. The normalized spacial score (nSPS) is 10.4. The van der Waals surface area contributed by atoms with Gasteiger partial charge in [-0.1, -0.05) is 54.6 Å². The van der Waals surface area contributed by atoms with Crippen molar-refractivity contribution < 1.29 is 10.2 Å². The summed E-state index contributed by atoms with van der Waals surface area (Å²) in [5.74, 6) is -0.205. The average molecular weight is 291 g/mol. The lowest BCUT2D eigenvalue weighted by Gasteiger charge is -2.12. The molecule has 3 nitrogen and oxygen atoms in total. The van der Waals surface area contributed by atoms with Gasteiger partial charge in [-0.25, -0.2) is 0 Å². The zero-order valence-electron chi connectivity index (χ0n) is 12.0. The lowest BCUT2D eigenvalue weighted by atomic mass is 10.0. The van der Waals surface area contributed by atoms with Crippen molar-refractivity contribution in [2.45, 2.75) is 6.54 Å². The summed E-state index contributed by atoms with van der Waals surface area (Å²) >= 11 is 0. The predicted molar refractivity (Wildman–Crippen MR) is 89.0 cm³/mol. The van der Waals surface area contributed by atoms with E-state index in [2.05, 4.69) is 23.5 Å². The lowest BCUT2D eigenvalue weighted by molar-refractivity contribution is 0.403. The molecule has 0 saturated carbocycles. The number of phenols is 2. The maximum atomic E-state index is 9.55. The van der Waals surface area contributed by atoms with E-state index in [0.717, 1.165) is 22.4 Å². The van der Waals surface area contributed by atoms with Crippen molar-refractivity contribution in [3.63, 3.8) is 0 Å². The largest absolute Gasteiger partial charge is 0.504 e. The number of nitrogens with one attached hydrogen (secondary N) is 1. The number of benzene rings is 3. The first-order chi connectivity index (χ1) is 10.7. The summed E-state index contributed by atoms with van der Waals surface area (Å²) in [4.78, 5) is 0. The number of hydrogen-bond donors (Lipinski definition) is 3. The summed E-state index contributed by atoms with van der Waals surface area (Å²) in [6.07, 6.45) is 0. The molecular weight excluding hydrogens is 274 g/mol. The molecule has 0 aliphatic heterocycles. The maximum Gasteiger partial charge on any atom is 0.157 e. The van der Waals surface area contributed by atoms with Gasteiger partial charge in [-0.05, 0) is 29.3 Å². The highest BCUT2D eigenvalue weighted by Crippen LogP contribution is 2.29. The van der Waals surface area contributed by atoms with Gasteiger partial charge in [0.05, 0.1) is 0 Å². The molecule has 0 atom stereocenters. The highest BCUT2D eigenvalue weighted by Gasteiger charge is 2.05. The molecule has 3 aromatic carbocycles. The summed E-state index contributed by atoms with van der Waals surface area (Å²) in [5, 5.41) is 22.3. The first-order valence-corrected chi connectivity index (χ1v) is 7.13. The predicted octanol–water partition coefficient (Wildman–Crippen LogP) is 4.38. The number of rotatable bonds is 4. The Kier molecular flexibility index (Phi) is 3.97. The van der Waals surface area contributed by atoms with Gasteiger partial charge in [0.15, 0.2) is 11.5 Å². The molecule has 0 aromatic heterocycles. The van der Waals surface area contributed by atoms with E-state index in [1.807, 2.05) is 36.4 Å². The van der Waals surface area contributed by atoms with Gasteiger partial charge < -0.3 is 15.5 Å². The van der Waals surface area contributed by atoms with E-state index >= 15 is 0 Å². The highest BCUT2D eigenvalue weighted by atomic mass is 16.3. The first-order valence-electron chi connectivity index (χ1n) is 7.13. The Labute approximate surface area is 129 Å². The van der Waals surface area contributed by atoms with Crippen molar-refractivity contribution >= 4 is 5.69 Å². The van der Waals surface area contributed by atoms with Crippen molar-refractivity contribution in [2.24, 2.45) is 0 Å². The van der Waals surface area contributed by atoms with Gasteiger partial charge in [-0.15, -0.1) is 0 Å². The van der Waals surface area contributed by atoms with Crippen LogP contribution in [0.3, 0.4) is 0 Å². The topological polar surface area (TPSA) is 52.5 Å². The smallest absolute Gasteiger partial charge is 0.157 e. The summed E-state index contributed by atoms with van der Waals surface area (Å²) in [7, 11) is 0. The molecule has 0 bridgehead atoms. The molecule has 3 aromatic rings. The SMILES string of the molecule is Oc1ccc(CNc2ccccc2-c2ccccc2)cc1O. The Bertz CT molecular complexity index is 769. The van der Waals surface area contributed by atoms with E-state index in [9.17, 15) is 10.2 Å². The van der Waals surface area contributed by atoms with E-state index < -0.39 is 0 Å². The second-order valence-electron chi connectivity index (χ2n) is 5.09. The van der Waals surface area contributed by atoms with Crippen LogP contribution in [0, 0.1) is 0 Å². The standard InChI is InChI=1S/C19H17NO2/c21-18-11-10-14(12-19(18)22)13-20-17-9-5-4-8-16(17)15-6-2-1-3-7-15/h1-12,20-22H,13H2. The summed E-state index contributed by atoms with van der Waals surface area (Å²) in [6, 6.07) is 23.1. The summed E-state index contributed by atoms with van der Waals surface area (Å²) in [6.45, 7) is 0.567. The minimum Gasteiger partial charge on any atom is -0.504 e. The molecule has 110 valence electrons. The first kappa shape index (κ1) is 14.0. The van der Waals surface area contributed by atoms with E-state index in [-0.39, 0.29) is 11.5 Å². The fourth-order valence-corrected chi connectivity index (χ4v) is 2.38. The lowest BCUT2D eigenvalue weighted by Crippen LogP contribution is -2.00. The Balaban J connectivity index is 1.82. The van der Waals surface area contributed by atoms with Crippen LogP contribution in [0.2, 0.25) is 0 Å². The second-order valence-corrected chi connectivity index (χ2v) is 5.09. The second kappa shape index (κ2) is 6.22. The zero-order chi connectivity index (χ0) is 15.4. The average Bonchev–Trinajstić information content (AvgIpc) is 2.57.